The normalized spacial score (nSPS) is 15.1. The van der Waals surface area contributed by atoms with Crippen molar-refractivity contribution in [2.45, 2.75) is 19.4 Å². The van der Waals surface area contributed by atoms with E-state index in [2.05, 4.69) is 15.0 Å². The number of para-hydroxylation sites is 2. The molecule has 0 aliphatic carbocycles. The zero-order chi connectivity index (χ0) is 19.1. The lowest BCUT2D eigenvalue weighted by atomic mass is 10.2. The van der Waals surface area contributed by atoms with Crippen molar-refractivity contribution >= 4 is 27.0 Å². The maximum absolute atomic E-state index is 12.4. The molecule has 144 valence electrons. The second kappa shape index (κ2) is 8.90. The van der Waals surface area contributed by atoms with Crippen molar-refractivity contribution in [1.82, 2.24) is 0 Å². The van der Waals surface area contributed by atoms with Crippen LogP contribution in [0.3, 0.4) is 0 Å². The third-order valence-corrected chi connectivity index (χ3v) is 6.87. The van der Waals surface area contributed by atoms with Gasteiger partial charge in [-0.1, -0.05) is 24.3 Å². The monoisotopic (exact) mass is 387 g/mol. The third kappa shape index (κ3) is 5.47. The number of carbonyl (C=O) groups excluding carboxylic acids is 1. The van der Waals surface area contributed by atoms with Gasteiger partial charge in [0.25, 0.3) is 0 Å². The molecule has 0 aromatic heterocycles. The van der Waals surface area contributed by atoms with Crippen LogP contribution in [0.5, 0.6) is 5.75 Å². The van der Waals surface area contributed by atoms with Crippen LogP contribution in [-0.4, -0.2) is 35.3 Å². The van der Waals surface area contributed by atoms with Gasteiger partial charge in [0.1, 0.15) is 5.75 Å². The van der Waals surface area contributed by atoms with Crippen LogP contribution < -0.4 is 15.4 Å². The van der Waals surface area contributed by atoms with Gasteiger partial charge in [-0.2, -0.15) is 0 Å². The van der Waals surface area contributed by atoms with Gasteiger partial charge in [-0.15, -0.1) is 0 Å². The minimum Gasteiger partial charge on any atom is -0.495 e. The maximum atomic E-state index is 12.4. The van der Waals surface area contributed by atoms with Gasteiger partial charge >= 0.3 is 0 Å². The smallest absolute Gasteiger partial charge is 0.243 e. The van der Waals surface area contributed by atoms with Gasteiger partial charge in [0, 0.05) is 26.9 Å². The highest BCUT2D eigenvalue weighted by Crippen LogP contribution is 2.22. The van der Waals surface area contributed by atoms with Gasteiger partial charge in [-0.3, -0.25) is 4.79 Å². The number of hydrogen-bond acceptors (Lipinski definition) is 5. The maximum Gasteiger partial charge on any atom is 0.243 e. The van der Waals surface area contributed by atoms with Gasteiger partial charge in [-0.05, 0) is 42.7 Å². The first kappa shape index (κ1) is 19.2. The molecule has 27 heavy (non-hydrogen) atoms. The number of carbonyl (C=O) groups is 1. The summed E-state index contributed by atoms with van der Waals surface area (Å²) >= 11 is 0. The molecule has 2 N–H and O–H groups in total. The first-order valence-electron chi connectivity index (χ1n) is 9.02. The third-order valence-electron chi connectivity index (χ3n) is 4.42. The first-order valence-corrected chi connectivity index (χ1v) is 10.9. The Bertz CT molecular complexity index is 908. The van der Waals surface area contributed by atoms with Gasteiger partial charge in [-0.25, -0.2) is 8.57 Å². The molecule has 1 amide bonds. The minimum atomic E-state index is -2.02. The average molecular weight is 388 g/mol. The quantitative estimate of drug-likeness (QED) is 0.762. The molecule has 2 aromatic rings. The van der Waals surface area contributed by atoms with Crippen LogP contribution >= 0.6 is 0 Å². The molecule has 1 heterocycles. The molecule has 0 atom stereocenters. The summed E-state index contributed by atoms with van der Waals surface area (Å²) < 4.78 is 22.1. The van der Waals surface area contributed by atoms with E-state index in [-0.39, 0.29) is 12.5 Å². The fourth-order valence-corrected chi connectivity index (χ4v) is 5.15. The van der Waals surface area contributed by atoms with Crippen molar-refractivity contribution in [3.8, 4) is 5.75 Å². The highest BCUT2D eigenvalue weighted by molar-refractivity contribution is 7.93. The van der Waals surface area contributed by atoms with Crippen molar-refractivity contribution in [3.05, 3.63) is 54.1 Å². The summed E-state index contributed by atoms with van der Waals surface area (Å²) in [6.07, 6.45) is 2.00. The van der Waals surface area contributed by atoms with E-state index in [9.17, 15) is 9.00 Å². The zero-order valence-corrected chi connectivity index (χ0v) is 16.3. The summed E-state index contributed by atoms with van der Waals surface area (Å²) in [6, 6.07) is 15.0. The van der Waals surface area contributed by atoms with E-state index < -0.39 is 9.73 Å². The Morgan fingerprint density at radius 1 is 1.15 bits per heavy atom. The summed E-state index contributed by atoms with van der Waals surface area (Å²) in [7, 11) is -0.424. The highest BCUT2D eigenvalue weighted by Gasteiger charge is 2.15. The second-order valence-electron chi connectivity index (χ2n) is 6.48. The Morgan fingerprint density at radius 3 is 2.70 bits per heavy atom. The summed E-state index contributed by atoms with van der Waals surface area (Å²) in [5, 5.41) is 5.94. The van der Waals surface area contributed by atoms with Crippen molar-refractivity contribution in [2.75, 3.05) is 35.8 Å². The Labute approximate surface area is 160 Å². The van der Waals surface area contributed by atoms with Crippen LogP contribution in [0.15, 0.2) is 52.9 Å². The second-order valence-corrected chi connectivity index (χ2v) is 9.10. The number of benzene rings is 2. The van der Waals surface area contributed by atoms with E-state index in [4.69, 9.17) is 4.74 Å². The molecule has 6 nitrogen and oxygen atoms in total. The molecule has 1 fully saturated rings. The van der Waals surface area contributed by atoms with Crippen LogP contribution in [0.25, 0.3) is 0 Å². The van der Waals surface area contributed by atoms with E-state index in [0.29, 0.717) is 29.5 Å². The van der Waals surface area contributed by atoms with Crippen LogP contribution in [0.4, 0.5) is 11.4 Å². The van der Waals surface area contributed by atoms with Crippen molar-refractivity contribution in [3.63, 3.8) is 0 Å². The standard InChI is InChI=1S/C20H25N3O3S/c1-26-19-10-3-2-9-18(19)21-15-20(24)23-17-8-6-7-16(13-17)14-22-27(25)11-4-5-12-27/h2-3,6-10,13,21H,4-5,11-12,14-15H2,1H3,(H,23,24). The lowest BCUT2D eigenvalue weighted by Gasteiger charge is -2.11. The molecule has 1 aliphatic heterocycles. The van der Waals surface area contributed by atoms with Crippen LogP contribution in [-0.2, 0) is 21.1 Å². The number of ether oxygens (including phenoxy) is 1. The molecule has 0 saturated carbocycles. The van der Waals surface area contributed by atoms with E-state index in [1.54, 1.807) is 7.11 Å². The molecule has 0 unspecified atom stereocenters. The fourth-order valence-electron chi connectivity index (χ4n) is 3.00. The lowest BCUT2D eigenvalue weighted by molar-refractivity contribution is -0.114. The predicted octanol–water partition coefficient (Wildman–Crippen LogP) is 3.51. The number of amides is 1. The SMILES string of the molecule is COc1ccccc1NCC(=O)Nc1cccc(CN=S2(=O)CCCC2)c1. The number of nitrogens with one attached hydrogen (secondary N) is 2. The average Bonchev–Trinajstić information content (AvgIpc) is 3.12. The molecular formula is C20H25N3O3S. The number of anilines is 2. The van der Waals surface area contributed by atoms with Gasteiger partial charge in [0.15, 0.2) is 0 Å². The minimum absolute atomic E-state index is 0.128. The predicted molar refractivity (Wildman–Crippen MR) is 110 cm³/mol. The molecule has 0 radical (unpaired) electrons. The Balaban J connectivity index is 1.57. The summed E-state index contributed by atoms with van der Waals surface area (Å²) in [5.41, 5.74) is 2.42. The Hall–Kier alpha value is -2.54. The molecule has 7 heteroatoms. The van der Waals surface area contributed by atoms with E-state index in [1.807, 2.05) is 48.5 Å². The van der Waals surface area contributed by atoms with Crippen LogP contribution in [0.1, 0.15) is 18.4 Å². The first-order chi connectivity index (χ1) is 13.1. The fraction of sp³-hybridized carbons (Fsp3) is 0.350. The molecule has 0 spiro atoms. The summed E-state index contributed by atoms with van der Waals surface area (Å²) in [6.45, 7) is 0.546. The molecule has 1 aliphatic rings. The van der Waals surface area contributed by atoms with Gasteiger partial charge < -0.3 is 15.4 Å². The number of hydrogen-bond donors (Lipinski definition) is 2. The van der Waals surface area contributed by atoms with E-state index in [1.165, 1.54) is 0 Å². The Kier molecular flexibility index (Phi) is 6.34. The number of rotatable bonds is 7. The van der Waals surface area contributed by atoms with Crippen LogP contribution in [0.2, 0.25) is 0 Å². The van der Waals surface area contributed by atoms with Gasteiger partial charge in [0.2, 0.25) is 5.91 Å². The van der Waals surface area contributed by atoms with E-state index in [0.717, 1.165) is 24.1 Å². The lowest BCUT2D eigenvalue weighted by Crippen LogP contribution is -2.22. The van der Waals surface area contributed by atoms with Crippen molar-refractivity contribution < 1.29 is 13.7 Å². The molecular weight excluding hydrogens is 362 g/mol. The molecule has 0 bridgehead atoms. The molecule has 1 saturated heterocycles. The van der Waals surface area contributed by atoms with Crippen molar-refractivity contribution in [2.24, 2.45) is 4.36 Å². The Morgan fingerprint density at radius 2 is 1.93 bits per heavy atom. The summed E-state index contributed by atoms with van der Waals surface area (Å²) in [4.78, 5) is 12.2. The number of methoxy groups -OCH3 is 1. The largest absolute Gasteiger partial charge is 0.495 e. The van der Waals surface area contributed by atoms with E-state index >= 15 is 0 Å². The summed E-state index contributed by atoms with van der Waals surface area (Å²) in [5.74, 6) is 1.95. The topological polar surface area (TPSA) is 79.8 Å². The van der Waals surface area contributed by atoms with Crippen molar-refractivity contribution in [1.29, 1.82) is 0 Å². The van der Waals surface area contributed by atoms with Crippen LogP contribution in [0, 0.1) is 0 Å². The zero-order valence-electron chi connectivity index (χ0n) is 15.4. The number of nitrogens with zero attached hydrogens (tertiary/aromatic N) is 1. The molecule has 2 aromatic carbocycles. The van der Waals surface area contributed by atoms with Gasteiger partial charge in [0.05, 0.1) is 25.9 Å². The highest BCUT2D eigenvalue weighted by atomic mass is 32.2. The molecule has 3 rings (SSSR count).